The van der Waals surface area contributed by atoms with Gasteiger partial charge in [0.15, 0.2) is 11.0 Å². The van der Waals surface area contributed by atoms with Gasteiger partial charge < -0.3 is 10.3 Å². The zero-order valence-electron chi connectivity index (χ0n) is 12.2. The fraction of sp³-hybridized carbons (Fsp3) is 0.267. The SMILES string of the molecule is Cc1cc(C)cc(Cc2noc(-c3sc(N)nc3C)n2)c1. The first-order valence-electron chi connectivity index (χ1n) is 6.64. The van der Waals surface area contributed by atoms with Crippen LogP contribution in [0.4, 0.5) is 5.13 Å². The van der Waals surface area contributed by atoms with Crippen LogP contribution >= 0.6 is 11.3 Å². The number of aryl methyl sites for hydroxylation is 3. The Kier molecular flexibility index (Phi) is 3.47. The average Bonchev–Trinajstić information content (AvgIpc) is 2.94. The van der Waals surface area contributed by atoms with Crippen molar-refractivity contribution < 1.29 is 4.52 Å². The molecule has 0 amide bonds. The van der Waals surface area contributed by atoms with Gasteiger partial charge in [0.1, 0.15) is 4.88 Å². The lowest BCUT2D eigenvalue weighted by atomic mass is 10.1. The summed E-state index contributed by atoms with van der Waals surface area (Å²) >= 11 is 1.36. The molecule has 2 heterocycles. The van der Waals surface area contributed by atoms with E-state index in [0.717, 1.165) is 10.6 Å². The van der Waals surface area contributed by atoms with E-state index in [2.05, 4.69) is 47.2 Å². The van der Waals surface area contributed by atoms with Crippen molar-refractivity contribution in [3.8, 4) is 10.8 Å². The number of thiazole rings is 1. The third-order valence-corrected chi connectivity index (χ3v) is 4.09. The number of hydrogen-bond acceptors (Lipinski definition) is 6. The molecule has 0 aliphatic carbocycles. The highest BCUT2D eigenvalue weighted by Gasteiger charge is 2.15. The number of benzene rings is 1. The van der Waals surface area contributed by atoms with Gasteiger partial charge in [0.05, 0.1) is 5.69 Å². The van der Waals surface area contributed by atoms with Crippen LogP contribution in [0, 0.1) is 20.8 Å². The van der Waals surface area contributed by atoms with E-state index in [1.807, 2.05) is 6.92 Å². The van der Waals surface area contributed by atoms with Crippen molar-refractivity contribution in [3.63, 3.8) is 0 Å². The molecule has 0 saturated heterocycles. The summed E-state index contributed by atoms with van der Waals surface area (Å²) in [6.07, 6.45) is 0.652. The second-order valence-electron chi connectivity index (χ2n) is 5.16. The predicted octanol–water partition coefficient (Wildman–Crippen LogP) is 3.29. The van der Waals surface area contributed by atoms with Gasteiger partial charge in [0.2, 0.25) is 0 Å². The minimum absolute atomic E-state index is 0.487. The molecule has 21 heavy (non-hydrogen) atoms. The molecule has 0 fully saturated rings. The van der Waals surface area contributed by atoms with E-state index >= 15 is 0 Å². The lowest BCUT2D eigenvalue weighted by Crippen LogP contribution is -1.92. The number of nitrogen functional groups attached to an aromatic ring is 1. The topological polar surface area (TPSA) is 77.8 Å². The van der Waals surface area contributed by atoms with Gasteiger partial charge in [-0.05, 0) is 26.3 Å². The van der Waals surface area contributed by atoms with E-state index < -0.39 is 0 Å². The minimum atomic E-state index is 0.487. The van der Waals surface area contributed by atoms with Crippen molar-refractivity contribution in [1.29, 1.82) is 0 Å². The summed E-state index contributed by atoms with van der Waals surface area (Å²) in [5, 5.41) is 4.56. The molecule has 0 aliphatic rings. The summed E-state index contributed by atoms with van der Waals surface area (Å²) < 4.78 is 5.33. The fourth-order valence-electron chi connectivity index (χ4n) is 2.39. The molecular formula is C15H16N4OS. The minimum Gasteiger partial charge on any atom is -0.375 e. The molecule has 3 rings (SSSR count). The molecule has 0 spiro atoms. The number of anilines is 1. The second-order valence-corrected chi connectivity index (χ2v) is 6.19. The highest BCUT2D eigenvalue weighted by molar-refractivity contribution is 7.18. The van der Waals surface area contributed by atoms with Gasteiger partial charge in [-0.25, -0.2) is 4.98 Å². The molecule has 2 N–H and O–H groups in total. The van der Waals surface area contributed by atoms with Crippen LogP contribution < -0.4 is 5.73 Å². The molecule has 0 radical (unpaired) electrons. The summed E-state index contributed by atoms with van der Waals surface area (Å²) in [5.74, 6) is 1.16. The first-order chi connectivity index (χ1) is 10.0. The van der Waals surface area contributed by atoms with Gasteiger partial charge in [0, 0.05) is 6.42 Å². The lowest BCUT2D eigenvalue weighted by molar-refractivity contribution is 0.424. The van der Waals surface area contributed by atoms with Crippen molar-refractivity contribution in [2.45, 2.75) is 27.2 Å². The first kappa shape index (κ1) is 13.8. The van der Waals surface area contributed by atoms with Gasteiger partial charge in [-0.3, -0.25) is 0 Å². The molecule has 0 unspecified atom stereocenters. The second kappa shape index (κ2) is 5.29. The van der Waals surface area contributed by atoms with Crippen LogP contribution in [-0.2, 0) is 6.42 Å². The Hall–Kier alpha value is -2.21. The Morgan fingerprint density at radius 2 is 1.81 bits per heavy atom. The van der Waals surface area contributed by atoms with Crippen LogP contribution in [0.1, 0.15) is 28.2 Å². The monoisotopic (exact) mass is 300 g/mol. The maximum absolute atomic E-state index is 5.70. The van der Waals surface area contributed by atoms with Gasteiger partial charge in [-0.2, -0.15) is 4.98 Å². The quantitative estimate of drug-likeness (QED) is 0.803. The van der Waals surface area contributed by atoms with Crippen LogP contribution in [0.5, 0.6) is 0 Å². The third kappa shape index (κ3) is 2.95. The maximum Gasteiger partial charge on any atom is 0.270 e. The molecular weight excluding hydrogens is 284 g/mol. The largest absolute Gasteiger partial charge is 0.375 e. The van der Waals surface area contributed by atoms with Crippen molar-refractivity contribution in [2.75, 3.05) is 5.73 Å². The van der Waals surface area contributed by atoms with E-state index in [4.69, 9.17) is 10.3 Å². The summed E-state index contributed by atoms with van der Waals surface area (Å²) in [6.45, 7) is 6.05. The van der Waals surface area contributed by atoms with Crippen molar-refractivity contribution in [3.05, 3.63) is 46.4 Å². The number of aromatic nitrogens is 3. The van der Waals surface area contributed by atoms with Crippen LogP contribution in [0.25, 0.3) is 10.8 Å². The molecule has 108 valence electrons. The number of nitrogens with two attached hydrogens (primary N) is 1. The van der Waals surface area contributed by atoms with Gasteiger partial charge in [0.25, 0.3) is 5.89 Å². The smallest absolute Gasteiger partial charge is 0.270 e. The normalized spacial score (nSPS) is 11.0. The van der Waals surface area contributed by atoms with Crippen molar-refractivity contribution >= 4 is 16.5 Å². The zero-order chi connectivity index (χ0) is 15.0. The number of nitrogens with zero attached hydrogens (tertiary/aromatic N) is 3. The Balaban J connectivity index is 1.87. The standard InChI is InChI=1S/C15H16N4OS/c1-8-4-9(2)6-11(5-8)7-12-18-14(20-19-12)13-10(3)17-15(16)21-13/h4-6H,7H2,1-3H3,(H2,16,17). The summed E-state index contributed by atoms with van der Waals surface area (Å²) in [4.78, 5) is 9.46. The highest BCUT2D eigenvalue weighted by atomic mass is 32.1. The van der Waals surface area contributed by atoms with E-state index in [1.165, 1.54) is 28.0 Å². The number of hydrogen-bond donors (Lipinski definition) is 1. The predicted molar refractivity (Wildman–Crippen MR) is 83.3 cm³/mol. The fourth-order valence-corrected chi connectivity index (χ4v) is 3.14. The van der Waals surface area contributed by atoms with Crippen LogP contribution in [0.2, 0.25) is 0 Å². The Morgan fingerprint density at radius 3 is 2.43 bits per heavy atom. The molecule has 0 aliphatic heterocycles. The molecule has 0 saturated carbocycles. The third-order valence-electron chi connectivity index (χ3n) is 3.12. The van der Waals surface area contributed by atoms with Crippen LogP contribution in [0.3, 0.4) is 0 Å². The Morgan fingerprint density at radius 1 is 1.10 bits per heavy atom. The van der Waals surface area contributed by atoms with E-state index in [0.29, 0.717) is 23.3 Å². The maximum atomic E-state index is 5.70. The van der Waals surface area contributed by atoms with Gasteiger partial charge in [-0.1, -0.05) is 45.8 Å². The van der Waals surface area contributed by atoms with Crippen LogP contribution in [0.15, 0.2) is 22.7 Å². The average molecular weight is 300 g/mol. The first-order valence-corrected chi connectivity index (χ1v) is 7.46. The molecule has 1 aromatic carbocycles. The summed E-state index contributed by atoms with van der Waals surface area (Å²) in [7, 11) is 0. The molecule has 2 aromatic heterocycles. The summed E-state index contributed by atoms with van der Waals surface area (Å²) in [6, 6.07) is 6.42. The van der Waals surface area contributed by atoms with Gasteiger partial charge in [-0.15, -0.1) is 0 Å². The highest BCUT2D eigenvalue weighted by Crippen LogP contribution is 2.30. The van der Waals surface area contributed by atoms with Gasteiger partial charge >= 0.3 is 0 Å². The van der Waals surface area contributed by atoms with Crippen molar-refractivity contribution in [1.82, 2.24) is 15.1 Å². The molecule has 6 heteroatoms. The lowest BCUT2D eigenvalue weighted by Gasteiger charge is -2.01. The molecule has 0 atom stereocenters. The van der Waals surface area contributed by atoms with E-state index in [1.54, 1.807) is 0 Å². The zero-order valence-corrected chi connectivity index (χ0v) is 13.0. The molecule has 3 aromatic rings. The Bertz CT molecular complexity index is 771. The Labute approximate surface area is 126 Å². The number of rotatable bonds is 3. The molecule has 0 bridgehead atoms. The summed E-state index contributed by atoms with van der Waals surface area (Å²) in [5.41, 5.74) is 10.2. The molecule has 5 nitrogen and oxygen atoms in total. The van der Waals surface area contributed by atoms with E-state index in [9.17, 15) is 0 Å². The van der Waals surface area contributed by atoms with Crippen LogP contribution in [-0.4, -0.2) is 15.1 Å². The van der Waals surface area contributed by atoms with E-state index in [-0.39, 0.29) is 0 Å². The van der Waals surface area contributed by atoms with Crippen molar-refractivity contribution in [2.24, 2.45) is 0 Å².